The maximum absolute atomic E-state index is 12.1. The smallest absolute Gasteiger partial charge is 0.306 e. The Morgan fingerprint density at radius 2 is 1.82 bits per heavy atom. The highest BCUT2D eigenvalue weighted by molar-refractivity contribution is 5.98. The van der Waals surface area contributed by atoms with E-state index in [9.17, 15) is 14.4 Å². The first-order valence-electron chi connectivity index (χ1n) is 6.70. The Morgan fingerprint density at radius 1 is 1.14 bits per heavy atom. The number of fused-ring (bicyclic) bond motifs is 1. The van der Waals surface area contributed by atoms with Gasteiger partial charge in [0.2, 0.25) is 5.78 Å². The van der Waals surface area contributed by atoms with Crippen LogP contribution in [0.5, 0.6) is 0 Å². The zero-order valence-corrected chi connectivity index (χ0v) is 12.4. The number of hydrogen-bond donors (Lipinski definition) is 0. The Hall–Kier alpha value is -2.70. The molecule has 0 aliphatic rings. The lowest BCUT2D eigenvalue weighted by molar-refractivity contribution is -0.148. The summed E-state index contributed by atoms with van der Waals surface area (Å²) in [5, 5.41) is 0. The number of para-hydroxylation sites is 2. The molecule has 7 heteroatoms. The average Bonchev–Trinajstić information content (AvgIpc) is 2.87. The van der Waals surface area contributed by atoms with E-state index in [-0.39, 0.29) is 18.7 Å². The Kier molecular flexibility index (Phi) is 4.88. The molecule has 116 valence electrons. The third-order valence-corrected chi connectivity index (χ3v) is 3.16. The van der Waals surface area contributed by atoms with Crippen molar-refractivity contribution in [3.05, 3.63) is 30.1 Å². The van der Waals surface area contributed by atoms with E-state index >= 15 is 0 Å². The van der Waals surface area contributed by atoms with Crippen LogP contribution in [0.2, 0.25) is 0 Å². The highest BCUT2D eigenvalue weighted by Crippen LogP contribution is 2.14. The van der Waals surface area contributed by atoms with Gasteiger partial charge < -0.3 is 14.0 Å². The van der Waals surface area contributed by atoms with Crippen LogP contribution in [-0.2, 0) is 26.1 Å². The molecule has 0 aliphatic carbocycles. The molecule has 0 saturated heterocycles. The molecule has 0 radical (unpaired) electrons. The number of methoxy groups -OCH3 is 1. The number of aryl methyl sites for hydroxylation is 1. The molecule has 0 fully saturated rings. The lowest BCUT2D eigenvalue weighted by atomic mass is 10.3. The minimum atomic E-state index is -0.627. The third-order valence-electron chi connectivity index (χ3n) is 3.16. The first kappa shape index (κ1) is 15.7. The second-order valence-electron chi connectivity index (χ2n) is 4.64. The van der Waals surface area contributed by atoms with E-state index in [0.717, 1.165) is 5.52 Å². The Bertz CT molecular complexity index is 720. The fourth-order valence-electron chi connectivity index (χ4n) is 1.98. The van der Waals surface area contributed by atoms with Gasteiger partial charge in [-0.3, -0.25) is 14.4 Å². The lowest BCUT2D eigenvalue weighted by Gasteiger charge is -2.04. The molecule has 1 aromatic carbocycles. The molecule has 0 amide bonds. The standard InChI is InChI=1S/C15H16N2O5/c1-17-11-6-4-3-5-10(11)16-15(17)12(18)9-22-14(20)8-7-13(19)21-2/h3-6H,7-9H2,1-2H3. The number of benzene rings is 1. The number of ketones is 1. The number of hydrogen-bond acceptors (Lipinski definition) is 6. The van der Waals surface area contributed by atoms with E-state index in [2.05, 4.69) is 9.72 Å². The van der Waals surface area contributed by atoms with Crippen molar-refractivity contribution in [1.82, 2.24) is 9.55 Å². The Balaban J connectivity index is 1.95. The lowest BCUT2D eigenvalue weighted by Crippen LogP contribution is -2.18. The van der Waals surface area contributed by atoms with Crippen molar-refractivity contribution in [2.75, 3.05) is 13.7 Å². The average molecular weight is 304 g/mol. The predicted octanol–water partition coefficient (Wildman–Crippen LogP) is 1.25. The van der Waals surface area contributed by atoms with Crippen molar-refractivity contribution in [1.29, 1.82) is 0 Å². The van der Waals surface area contributed by atoms with Gasteiger partial charge in [-0.25, -0.2) is 4.98 Å². The number of carbonyl (C=O) groups excluding carboxylic acids is 3. The largest absolute Gasteiger partial charge is 0.469 e. The third kappa shape index (κ3) is 3.49. The van der Waals surface area contributed by atoms with Crippen LogP contribution >= 0.6 is 0 Å². The molecule has 0 atom stereocenters. The van der Waals surface area contributed by atoms with Gasteiger partial charge in [0.15, 0.2) is 12.4 Å². The maximum Gasteiger partial charge on any atom is 0.306 e. The van der Waals surface area contributed by atoms with Gasteiger partial charge in [-0.2, -0.15) is 0 Å². The van der Waals surface area contributed by atoms with E-state index in [1.54, 1.807) is 17.7 Å². The topological polar surface area (TPSA) is 87.5 Å². The van der Waals surface area contributed by atoms with E-state index in [1.165, 1.54) is 7.11 Å². The van der Waals surface area contributed by atoms with E-state index < -0.39 is 24.3 Å². The molecule has 0 unspecified atom stereocenters. The fourth-order valence-corrected chi connectivity index (χ4v) is 1.98. The SMILES string of the molecule is COC(=O)CCC(=O)OCC(=O)c1nc2ccccc2n1C. The Morgan fingerprint density at radius 3 is 2.50 bits per heavy atom. The molecule has 1 aromatic heterocycles. The fraction of sp³-hybridized carbons (Fsp3) is 0.333. The van der Waals surface area contributed by atoms with Crippen LogP contribution in [0.1, 0.15) is 23.5 Å². The summed E-state index contributed by atoms with van der Waals surface area (Å²) in [4.78, 5) is 38.7. The molecule has 1 heterocycles. The van der Waals surface area contributed by atoms with Gasteiger partial charge in [-0.15, -0.1) is 0 Å². The van der Waals surface area contributed by atoms with Crippen LogP contribution in [0.3, 0.4) is 0 Å². The monoisotopic (exact) mass is 304 g/mol. The molecular formula is C15H16N2O5. The molecule has 0 bridgehead atoms. The summed E-state index contributed by atoms with van der Waals surface area (Å²) in [7, 11) is 2.96. The quantitative estimate of drug-likeness (QED) is 0.589. The predicted molar refractivity (Wildman–Crippen MR) is 77.3 cm³/mol. The molecule has 0 saturated carbocycles. The second kappa shape index (κ2) is 6.84. The van der Waals surface area contributed by atoms with Crippen LogP contribution in [0, 0.1) is 0 Å². The molecule has 0 N–H and O–H groups in total. The van der Waals surface area contributed by atoms with Gasteiger partial charge in [-0.05, 0) is 12.1 Å². The summed E-state index contributed by atoms with van der Waals surface area (Å²) in [5.74, 6) is -1.30. The van der Waals surface area contributed by atoms with Gasteiger partial charge in [0.1, 0.15) is 0 Å². The van der Waals surface area contributed by atoms with Crippen molar-refractivity contribution in [3.63, 3.8) is 0 Å². The number of carbonyl (C=O) groups is 3. The molecule has 0 spiro atoms. The van der Waals surface area contributed by atoms with Crippen LogP contribution in [0.15, 0.2) is 24.3 Å². The number of rotatable bonds is 6. The van der Waals surface area contributed by atoms with Gasteiger partial charge in [0.25, 0.3) is 0 Å². The summed E-state index contributed by atoms with van der Waals surface area (Å²) in [5.41, 5.74) is 1.52. The number of imidazole rings is 1. The van der Waals surface area contributed by atoms with Crippen LogP contribution < -0.4 is 0 Å². The number of esters is 2. The summed E-state index contributed by atoms with van der Waals surface area (Å²) in [6.07, 6.45) is -0.196. The zero-order chi connectivity index (χ0) is 16.1. The van der Waals surface area contributed by atoms with E-state index in [1.807, 2.05) is 18.2 Å². The number of Topliss-reactive ketones (excluding diaryl/α,β-unsaturated/α-hetero) is 1. The van der Waals surface area contributed by atoms with Crippen molar-refractivity contribution in [2.45, 2.75) is 12.8 Å². The van der Waals surface area contributed by atoms with E-state index in [4.69, 9.17) is 4.74 Å². The van der Waals surface area contributed by atoms with Crippen LogP contribution in [-0.4, -0.2) is 41.0 Å². The highest BCUT2D eigenvalue weighted by Gasteiger charge is 2.17. The second-order valence-corrected chi connectivity index (χ2v) is 4.64. The number of ether oxygens (including phenoxy) is 2. The van der Waals surface area contributed by atoms with Crippen molar-refractivity contribution < 1.29 is 23.9 Å². The van der Waals surface area contributed by atoms with Crippen LogP contribution in [0.4, 0.5) is 0 Å². The maximum atomic E-state index is 12.1. The summed E-state index contributed by atoms with van der Waals surface area (Å²) < 4.78 is 10.9. The van der Waals surface area contributed by atoms with Gasteiger partial charge >= 0.3 is 11.9 Å². The molecule has 7 nitrogen and oxygen atoms in total. The first-order chi connectivity index (χ1) is 10.5. The minimum Gasteiger partial charge on any atom is -0.469 e. The summed E-state index contributed by atoms with van der Waals surface area (Å²) in [6, 6.07) is 7.33. The molecule has 2 rings (SSSR count). The number of nitrogens with zero attached hydrogens (tertiary/aromatic N) is 2. The molecule has 22 heavy (non-hydrogen) atoms. The first-order valence-corrected chi connectivity index (χ1v) is 6.70. The van der Waals surface area contributed by atoms with Crippen molar-refractivity contribution in [2.24, 2.45) is 7.05 Å². The van der Waals surface area contributed by atoms with E-state index in [0.29, 0.717) is 5.52 Å². The van der Waals surface area contributed by atoms with Gasteiger partial charge in [0, 0.05) is 7.05 Å². The van der Waals surface area contributed by atoms with Crippen LogP contribution in [0.25, 0.3) is 11.0 Å². The summed E-state index contributed by atoms with van der Waals surface area (Å²) >= 11 is 0. The zero-order valence-electron chi connectivity index (χ0n) is 12.4. The minimum absolute atomic E-state index is 0.0736. The Labute approximate surface area is 126 Å². The molecule has 0 aliphatic heterocycles. The van der Waals surface area contributed by atoms with Crippen molar-refractivity contribution in [3.8, 4) is 0 Å². The van der Waals surface area contributed by atoms with Gasteiger partial charge in [0.05, 0.1) is 31.0 Å². The van der Waals surface area contributed by atoms with Crippen molar-refractivity contribution >= 4 is 28.8 Å². The summed E-state index contributed by atoms with van der Waals surface area (Å²) in [6.45, 7) is -0.406. The molecular weight excluding hydrogens is 288 g/mol. The normalized spacial score (nSPS) is 10.5. The highest BCUT2D eigenvalue weighted by atomic mass is 16.5. The molecule has 2 aromatic rings. The van der Waals surface area contributed by atoms with Gasteiger partial charge in [-0.1, -0.05) is 12.1 Å². The number of aromatic nitrogens is 2.